The number of hydrogen-bond donors (Lipinski definition) is 1. The Bertz CT molecular complexity index is 808. The zero-order valence-corrected chi connectivity index (χ0v) is 14.6. The number of nitrogens with zero attached hydrogens (tertiary/aromatic N) is 2. The molecule has 4 aliphatic carbocycles. The number of hydrazine groups is 1. The van der Waals surface area contributed by atoms with Crippen LogP contribution in [0.25, 0.3) is 0 Å². The number of carbonyl (C=O) groups is 2. The van der Waals surface area contributed by atoms with Crippen LogP contribution in [0.3, 0.4) is 0 Å². The fourth-order valence-electron chi connectivity index (χ4n) is 7.14. The van der Waals surface area contributed by atoms with Crippen molar-refractivity contribution in [3.05, 3.63) is 29.8 Å². The SMILES string of the molecule is CC1(C)C(=O)N(C2C3CC4CC5CC2C453)N1C(=O)c1ccc(N)cc1. The van der Waals surface area contributed by atoms with E-state index in [1.807, 2.05) is 18.9 Å². The van der Waals surface area contributed by atoms with E-state index in [0.717, 1.165) is 11.8 Å². The van der Waals surface area contributed by atoms with E-state index in [1.165, 1.54) is 19.3 Å². The maximum absolute atomic E-state index is 13.1. The summed E-state index contributed by atoms with van der Waals surface area (Å²) in [4.78, 5) is 26.0. The van der Waals surface area contributed by atoms with Gasteiger partial charge in [0.2, 0.25) is 0 Å². The zero-order valence-electron chi connectivity index (χ0n) is 14.6. The van der Waals surface area contributed by atoms with Gasteiger partial charge in [-0.3, -0.25) is 9.59 Å². The lowest BCUT2D eigenvalue weighted by Gasteiger charge is -2.90. The molecule has 5 fully saturated rings. The topological polar surface area (TPSA) is 66.6 Å². The second kappa shape index (κ2) is 3.87. The maximum Gasteiger partial charge on any atom is 0.273 e. The molecule has 2 amide bonds. The quantitative estimate of drug-likeness (QED) is 0.842. The van der Waals surface area contributed by atoms with E-state index in [1.54, 1.807) is 29.3 Å². The van der Waals surface area contributed by atoms with E-state index in [9.17, 15) is 9.59 Å². The Labute approximate surface area is 147 Å². The van der Waals surface area contributed by atoms with E-state index < -0.39 is 5.54 Å². The number of nitrogen functional groups attached to an aromatic ring is 1. The molecule has 0 aromatic heterocycles. The second-order valence-corrected chi connectivity index (χ2v) is 9.25. The number of amides is 2. The van der Waals surface area contributed by atoms with Gasteiger partial charge in [-0.2, -0.15) is 0 Å². The Kier molecular flexibility index (Phi) is 2.19. The summed E-state index contributed by atoms with van der Waals surface area (Å²) in [6.45, 7) is 3.71. The molecule has 1 aromatic carbocycles. The summed E-state index contributed by atoms with van der Waals surface area (Å²) in [6.07, 6.45) is 3.92. The molecule has 1 spiro atoms. The summed E-state index contributed by atoms with van der Waals surface area (Å²) in [5.41, 5.74) is 6.80. The lowest BCUT2D eigenvalue weighted by Crippen LogP contribution is -2.92. The standard InChI is InChI=1S/C20H23N3O2/c1-19(2)18(25)22(23(19)17(24)10-3-5-13(21)6-4-10)16-14-8-11-7-12-9-15(16)20(11,12)14/h3-6,11-12,14-16H,7-9,21H2,1-2H3. The first-order valence-corrected chi connectivity index (χ1v) is 9.42. The van der Waals surface area contributed by atoms with Crippen molar-refractivity contribution in [2.45, 2.75) is 44.7 Å². The van der Waals surface area contributed by atoms with Crippen LogP contribution in [0.5, 0.6) is 0 Å². The van der Waals surface area contributed by atoms with Crippen LogP contribution < -0.4 is 5.73 Å². The molecule has 4 saturated carbocycles. The van der Waals surface area contributed by atoms with E-state index >= 15 is 0 Å². The van der Waals surface area contributed by atoms with E-state index in [-0.39, 0.29) is 17.9 Å². The summed E-state index contributed by atoms with van der Waals surface area (Å²) >= 11 is 0. The number of nitrogens with two attached hydrogens (primary N) is 1. The van der Waals surface area contributed by atoms with Gasteiger partial charge in [-0.05, 0) is 86.5 Å². The average molecular weight is 337 g/mol. The highest BCUT2D eigenvalue weighted by Gasteiger charge is 2.87. The minimum atomic E-state index is -0.757. The predicted molar refractivity (Wildman–Crippen MR) is 92.0 cm³/mol. The molecule has 0 bridgehead atoms. The Morgan fingerprint density at radius 3 is 2.24 bits per heavy atom. The monoisotopic (exact) mass is 337 g/mol. The third kappa shape index (κ3) is 1.24. The van der Waals surface area contributed by atoms with Gasteiger partial charge in [0.1, 0.15) is 5.54 Å². The molecule has 5 nitrogen and oxygen atoms in total. The number of anilines is 1. The lowest BCUT2D eigenvalue weighted by molar-refractivity contribution is -0.421. The van der Waals surface area contributed by atoms with Crippen LogP contribution in [0.15, 0.2) is 24.3 Å². The molecule has 1 saturated heterocycles. The lowest BCUT2D eigenvalue weighted by atomic mass is 9.17. The summed E-state index contributed by atoms with van der Waals surface area (Å²) in [5, 5.41) is 3.54. The minimum Gasteiger partial charge on any atom is -0.399 e. The molecule has 6 rings (SSSR count). The van der Waals surface area contributed by atoms with Crippen molar-refractivity contribution < 1.29 is 9.59 Å². The van der Waals surface area contributed by atoms with E-state index in [2.05, 4.69) is 0 Å². The molecule has 0 radical (unpaired) electrons. The van der Waals surface area contributed by atoms with Gasteiger partial charge in [-0.1, -0.05) is 0 Å². The van der Waals surface area contributed by atoms with E-state index in [4.69, 9.17) is 5.73 Å². The molecule has 25 heavy (non-hydrogen) atoms. The van der Waals surface area contributed by atoms with Crippen LogP contribution in [0.4, 0.5) is 5.69 Å². The third-order valence-corrected chi connectivity index (χ3v) is 8.28. The molecule has 1 heterocycles. The molecule has 1 aromatic rings. The van der Waals surface area contributed by atoms with Crippen LogP contribution in [0, 0.1) is 29.1 Å². The van der Waals surface area contributed by atoms with Crippen molar-refractivity contribution in [1.29, 1.82) is 0 Å². The van der Waals surface area contributed by atoms with Gasteiger partial charge in [0.15, 0.2) is 0 Å². The first-order chi connectivity index (χ1) is 11.9. The molecular formula is C20H23N3O2. The second-order valence-electron chi connectivity index (χ2n) is 9.25. The van der Waals surface area contributed by atoms with Crippen molar-refractivity contribution >= 4 is 17.5 Å². The predicted octanol–water partition coefficient (Wildman–Crippen LogP) is 2.29. The minimum absolute atomic E-state index is 0.0918. The highest BCUT2D eigenvalue weighted by atomic mass is 16.2. The van der Waals surface area contributed by atoms with Crippen LogP contribution in [-0.2, 0) is 4.79 Å². The van der Waals surface area contributed by atoms with Crippen molar-refractivity contribution in [2.75, 3.05) is 5.73 Å². The van der Waals surface area contributed by atoms with Crippen LogP contribution >= 0.6 is 0 Å². The van der Waals surface area contributed by atoms with Crippen molar-refractivity contribution in [3.63, 3.8) is 0 Å². The molecule has 4 atom stereocenters. The van der Waals surface area contributed by atoms with Gasteiger partial charge >= 0.3 is 0 Å². The summed E-state index contributed by atoms with van der Waals surface area (Å²) in [5.74, 6) is 3.12. The Morgan fingerprint density at radius 2 is 1.68 bits per heavy atom. The van der Waals surface area contributed by atoms with Gasteiger partial charge < -0.3 is 5.73 Å². The fourth-order valence-corrected chi connectivity index (χ4v) is 7.14. The number of benzene rings is 1. The Hall–Kier alpha value is -2.04. The number of hydrogen-bond acceptors (Lipinski definition) is 3. The smallest absolute Gasteiger partial charge is 0.273 e. The third-order valence-electron chi connectivity index (χ3n) is 8.28. The maximum atomic E-state index is 13.1. The number of rotatable bonds is 2. The Morgan fingerprint density at radius 1 is 1.08 bits per heavy atom. The Balaban J connectivity index is 1.32. The molecule has 2 N–H and O–H groups in total. The first kappa shape index (κ1) is 14.2. The van der Waals surface area contributed by atoms with Gasteiger partial charge in [-0.15, -0.1) is 0 Å². The highest BCUT2D eigenvalue weighted by molar-refractivity contribution is 6.04. The zero-order chi connectivity index (χ0) is 17.3. The molecule has 1 aliphatic heterocycles. The molecule has 4 unspecified atom stereocenters. The van der Waals surface area contributed by atoms with Gasteiger partial charge in [-0.25, -0.2) is 10.0 Å². The molecular weight excluding hydrogens is 314 g/mol. The van der Waals surface area contributed by atoms with Crippen LogP contribution in [0.2, 0.25) is 0 Å². The van der Waals surface area contributed by atoms with Crippen molar-refractivity contribution in [3.8, 4) is 0 Å². The summed E-state index contributed by atoms with van der Waals surface area (Å²) in [7, 11) is 0. The van der Waals surface area contributed by atoms with Gasteiger partial charge in [0.25, 0.3) is 11.8 Å². The molecule has 5 aliphatic rings. The fraction of sp³-hybridized carbons (Fsp3) is 0.600. The summed E-state index contributed by atoms with van der Waals surface area (Å²) < 4.78 is 0. The normalized spacial score (nSPS) is 44.2. The average Bonchev–Trinajstić information content (AvgIpc) is 2.51. The van der Waals surface area contributed by atoms with Gasteiger partial charge in [0, 0.05) is 11.3 Å². The number of carbonyl (C=O) groups excluding carboxylic acids is 2. The molecule has 130 valence electrons. The first-order valence-electron chi connectivity index (χ1n) is 9.42. The van der Waals surface area contributed by atoms with Crippen LogP contribution in [0.1, 0.15) is 43.5 Å². The summed E-state index contributed by atoms with van der Waals surface area (Å²) in [6, 6.07) is 7.24. The van der Waals surface area contributed by atoms with Gasteiger partial charge in [0.05, 0.1) is 6.04 Å². The van der Waals surface area contributed by atoms with Crippen LogP contribution in [-0.4, -0.2) is 33.4 Å². The largest absolute Gasteiger partial charge is 0.399 e. The van der Waals surface area contributed by atoms with E-state index in [0.29, 0.717) is 28.5 Å². The van der Waals surface area contributed by atoms with Crippen molar-refractivity contribution in [2.24, 2.45) is 29.1 Å². The van der Waals surface area contributed by atoms with Crippen molar-refractivity contribution in [1.82, 2.24) is 10.0 Å². The molecule has 5 heteroatoms. The highest BCUT2D eigenvalue weighted by Crippen LogP contribution is 2.88.